The predicted molar refractivity (Wildman–Crippen MR) is 83.0 cm³/mol. The Balaban J connectivity index is 1.81. The maximum absolute atomic E-state index is 13.1. The molecule has 3 rings (SSSR count). The summed E-state index contributed by atoms with van der Waals surface area (Å²) in [6.07, 6.45) is 0. The van der Waals surface area contributed by atoms with Crippen LogP contribution in [-0.2, 0) is 15.6 Å². The summed E-state index contributed by atoms with van der Waals surface area (Å²) in [5, 5.41) is 4.85. The van der Waals surface area contributed by atoms with Crippen LogP contribution in [0.2, 0.25) is 0 Å². The molecule has 6 heteroatoms. The number of benzene rings is 2. The first kappa shape index (κ1) is 14.2. The molecule has 1 N–H and O–H groups in total. The quantitative estimate of drug-likeness (QED) is 0.935. The van der Waals surface area contributed by atoms with Crippen molar-refractivity contribution < 1.29 is 12.8 Å². The zero-order chi connectivity index (χ0) is 14.9. The normalized spacial score (nSPS) is 15.8. The largest absolute Gasteiger partial charge is 0.349 e. The van der Waals surface area contributed by atoms with Gasteiger partial charge in [-0.05, 0) is 29.8 Å². The van der Waals surface area contributed by atoms with E-state index in [0.717, 1.165) is 5.56 Å². The number of hydrogen-bond acceptors (Lipinski definition) is 4. The number of para-hydroxylation sites is 1. The van der Waals surface area contributed by atoms with Gasteiger partial charge in [0.05, 0.1) is 21.0 Å². The number of sulfone groups is 1. The van der Waals surface area contributed by atoms with E-state index in [1.807, 2.05) is 6.07 Å². The van der Waals surface area contributed by atoms with E-state index in [1.54, 1.807) is 30.3 Å². The van der Waals surface area contributed by atoms with Crippen LogP contribution in [0.25, 0.3) is 0 Å². The van der Waals surface area contributed by atoms with Crippen LogP contribution >= 0.6 is 11.8 Å². The molecule has 2 aromatic rings. The van der Waals surface area contributed by atoms with E-state index >= 15 is 0 Å². The molecule has 1 heterocycles. The highest BCUT2D eigenvalue weighted by Crippen LogP contribution is 2.34. The number of halogens is 1. The molecule has 0 aromatic heterocycles. The minimum Gasteiger partial charge on any atom is -0.349 e. The van der Waals surface area contributed by atoms with E-state index < -0.39 is 9.84 Å². The molecule has 1 aliphatic heterocycles. The smallest absolute Gasteiger partial charge is 0.204 e. The molecular formula is C15H12FNO2S2. The average molecular weight is 321 g/mol. The number of thioether (sulfide) groups is 1. The molecule has 0 spiro atoms. The van der Waals surface area contributed by atoms with Crippen molar-refractivity contribution in [2.24, 2.45) is 0 Å². The minimum absolute atomic E-state index is 0.278. The summed E-state index contributed by atoms with van der Waals surface area (Å²) in [5.41, 5.74) is 1.38. The maximum Gasteiger partial charge on any atom is 0.204 e. The van der Waals surface area contributed by atoms with Crippen LogP contribution in [-0.4, -0.2) is 8.42 Å². The van der Waals surface area contributed by atoms with Crippen LogP contribution in [0.15, 0.2) is 63.9 Å². The molecule has 1 aliphatic rings. The summed E-state index contributed by atoms with van der Waals surface area (Å²) < 4.78 is 37.4. The summed E-state index contributed by atoms with van der Waals surface area (Å²) in [4.78, 5) is 0.278. The molecule has 0 atom stereocenters. The Labute approximate surface area is 126 Å². The lowest BCUT2D eigenvalue weighted by molar-refractivity contribution is 0.604. The lowest BCUT2D eigenvalue weighted by Gasteiger charge is -2.18. The van der Waals surface area contributed by atoms with Crippen molar-refractivity contribution in [3.8, 4) is 0 Å². The summed E-state index contributed by atoms with van der Waals surface area (Å²) in [6.45, 7) is 0. The van der Waals surface area contributed by atoms with Gasteiger partial charge in [-0.1, -0.05) is 24.3 Å². The second kappa shape index (κ2) is 5.54. The van der Waals surface area contributed by atoms with Gasteiger partial charge in [-0.15, -0.1) is 11.8 Å². The molecule has 0 amide bonds. The van der Waals surface area contributed by atoms with Gasteiger partial charge < -0.3 is 5.32 Å². The number of rotatable bonds is 3. The molecular weight excluding hydrogens is 309 g/mol. The first-order chi connectivity index (χ1) is 10.0. The van der Waals surface area contributed by atoms with Gasteiger partial charge in [0, 0.05) is 5.75 Å². The molecule has 0 saturated heterocycles. The van der Waals surface area contributed by atoms with Crippen molar-refractivity contribution in [3.63, 3.8) is 0 Å². The van der Waals surface area contributed by atoms with Crippen LogP contribution in [0.3, 0.4) is 0 Å². The summed E-state index contributed by atoms with van der Waals surface area (Å²) in [6, 6.07) is 13.0. The molecule has 2 aromatic carbocycles. The number of hydrogen-bond donors (Lipinski definition) is 1. The molecule has 0 fully saturated rings. The lowest BCUT2D eigenvalue weighted by Crippen LogP contribution is -2.11. The zero-order valence-corrected chi connectivity index (χ0v) is 12.5. The highest BCUT2D eigenvalue weighted by molar-refractivity contribution is 8.03. The predicted octanol–water partition coefficient (Wildman–Crippen LogP) is 3.76. The fourth-order valence-electron chi connectivity index (χ4n) is 2.04. The van der Waals surface area contributed by atoms with E-state index in [1.165, 1.54) is 29.3 Å². The fraction of sp³-hybridized carbons (Fsp3) is 0.0667. The highest BCUT2D eigenvalue weighted by Gasteiger charge is 2.22. The molecule has 0 radical (unpaired) electrons. The van der Waals surface area contributed by atoms with Crippen LogP contribution in [0, 0.1) is 5.82 Å². The molecule has 0 aliphatic carbocycles. The Morgan fingerprint density at radius 1 is 1.10 bits per heavy atom. The van der Waals surface area contributed by atoms with Crippen molar-refractivity contribution in [3.05, 3.63) is 70.3 Å². The van der Waals surface area contributed by atoms with Gasteiger partial charge in [0.15, 0.2) is 0 Å². The second-order valence-corrected chi connectivity index (χ2v) is 7.35. The van der Waals surface area contributed by atoms with Crippen molar-refractivity contribution in [1.29, 1.82) is 0 Å². The Hall–Kier alpha value is -1.79. The molecule has 3 nitrogen and oxygen atoms in total. The second-order valence-electron chi connectivity index (χ2n) is 4.57. The topological polar surface area (TPSA) is 46.2 Å². The van der Waals surface area contributed by atoms with Gasteiger partial charge >= 0.3 is 0 Å². The van der Waals surface area contributed by atoms with Crippen molar-refractivity contribution in [2.45, 2.75) is 10.6 Å². The summed E-state index contributed by atoms with van der Waals surface area (Å²) in [7, 11) is -3.42. The fourth-order valence-corrected chi connectivity index (χ4v) is 4.54. The lowest BCUT2D eigenvalue weighted by atomic mass is 10.2. The third kappa shape index (κ3) is 3.11. The van der Waals surface area contributed by atoms with Crippen LogP contribution in [0.1, 0.15) is 5.56 Å². The number of nitrogens with one attached hydrogen (secondary N) is 1. The first-order valence-electron chi connectivity index (χ1n) is 6.25. The summed E-state index contributed by atoms with van der Waals surface area (Å²) in [5.74, 6) is 0.200. The Kier molecular flexibility index (Phi) is 3.73. The van der Waals surface area contributed by atoms with E-state index in [9.17, 15) is 12.8 Å². The van der Waals surface area contributed by atoms with E-state index in [0.29, 0.717) is 16.5 Å². The molecule has 0 unspecified atom stereocenters. The van der Waals surface area contributed by atoms with Crippen LogP contribution < -0.4 is 5.32 Å². The third-order valence-corrected chi connectivity index (χ3v) is 5.67. The highest BCUT2D eigenvalue weighted by atomic mass is 32.2. The SMILES string of the molecule is O=S1(=O)C=C(SCc2cccc(F)c2)Nc2ccccc21. The van der Waals surface area contributed by atoms with Crippen molar-refractivity contribution >= 4 is 27.3 Å². The van der Waals surface area contributed by atoms with Gasteiger partial charge in [0.25, 0.3) is 0 Å². The molecule has 0 bridgehead atoms. The van der Waals surface area contributed by atoms with Crippen LogP contribution in [0.4, 0.5) is 10.1 Å². The van der Waals surface area contributed by atoms with Gasteiger partial charge in [0.2, 0.25) is 9.84 Å². The van der Waals surface area contributed by atoms with E-state index in [-0.39, 0.29) is 10.7 Å². The number of anilines is 1. The summed E-state index contributed by atoms with van der Waals surface area (Å²) >= 11 is 1.33. The minimum atomic E-state index is -3.42. The van der Waals surface area contributed by atoms with Gasteiger partial charge in [-0.2, -0.15) is 0 Å². The van der Waals surface area contributed by atoms with Crippen molar-refractivity contribution in [2.75, 3.05) is 5.32 Å². The van der Waals surface area contributed by atoms with E-state index in [4.69, 9.17) is 0 Å². The zero-order valence-electron chi connectivity index (χ0n) is 10.9. The van der Waals surface area contributed by atoms with E-state index in [2.05, 4.69) is 5.32 Å². The monoisotopic (exact) mass is 321 g/mol. The molecule has 21 heavy (non-hydrogen) atoms. The Bertz CT molecular complexity index is 816. The Morgan fingerprint density at radius 3 is 2.71 bits per heavy atom. The molecule has 108 valence electrons. The van der Waals surface area contributed by atoms with Gasteiger partial charge in [0.1, 0.15) is 5.82 Å². The van der Waals surface area contributed by atoms with Gasteiger partial charge in [-0.3, -0.25) is 0 Å². The molecule has 0 saturated carbocycles. The first-order valence-corrected chi connectivity index (χ1v) is 8.78. The average Bonchev–Trinajstić information content (AvgIpc) is 2.45. The third-order valence-electron chi connectivity index (χ3n) is 3.00. The van der Waals surface area contributed by atoms with Gasteiger partial charge in [-0.25, -0.2) is 12.8 Å². The Morgan fingerprint density at radius 2 is 1.90 bits per heavy atom. The van der Waals surface area contributed by atoms with Crippen LogP contribution in [0.5, 0.6) is 0 Å². The number of fused-ring (bicyclic) bond motifs is 1. The standard InChI is InChI=1S/C15H12FNO2S2/c16-12-5-3-4-11(8-12)9-20-15-10-21(18,19)14-7-2-1-6-13(14)17-15/h1-8,10,17H,9H2. The van der Waals surface area contributed by atoms with Crippen molar-refractivity contribution in [1.82, 2.24) is 0 Å². The maximum atomic E-state index is 13.1.